The molecule has 3 rings (SSSR count). The lowest BCUT2D eigenvalue weighted by atomic mass is 9.99. The molecule has 1 N–H and O–H groups in total. The molecule has 0 saturated heterocycles. The number of hydrogen-bond acceptors (Lipinski definition) is 3. The number of aromatic nitrogens is 1. The molecular weight excluding hydrogens is 266 g/mol. The summed E-state index contributed by atoms with van der Waals surface area (Å²) in [5.74, 6) is -0.769. The molecule has 0 aliphatic rings. The molecule has 0 fully saturated rings. The van der Waals surface area contributed by atoms with Crippen LogP contribution in [-0.4, -0.2) is 16.2 Å². The lowest BCUT2D eigenvalue weighted by Crippen LogP contribution is -2.00. The highest BCUT2D eigenvalue weighted by Crippen LogP contribution is 2.33. The molecule has 1 heterocycles. The molecule has 0 bridgehead atoms. The van der Waals surface area contributed by atoms with E-state index < -0.39 is 5.97 Å². The molecule has 2 aromatic carbocycles. The Morgan fingerprint density at radius 3 is 2.38 bits per heavy atom. The largest absolute Gasteiger partial charge is 0.477 e. The lowest BCUT2D eigenvalue weighted by Gasteiger charge is -2.03. The number of aromatic carboxylic acids is 1. The molecule has 0 amide bonds. The number of benzene rings is 2. The third kappa shape index (κ3) is 2.31. The van der Waals surface area contributed by atoms with Gasteiger partial charge in [-0.15, -0.1) is 0 Å². The van der Waals surface area contributed by atoms with E-state index in [0.29, 0.717) is 11.3 Å². The summed E-state index contributed by atoms with van der Waals surface area (Å²) in [6, 6.07) is 16.6. The van der Waals surface area contributed by atoms with Gasteiger partial charge in [0.2, 0.25) is 0 Å². The Kier molecular flexibility index (Phi) is 3.28. The molecule has 0 radical (unpaired) electrons. The first-order chi connectivity index (χ1) is 10.2. The second kappa shape index (κ2) is 5.25. The van der Waals surface area contributed by atoms with Gasteiger partial charge in [-0.05, 0) is 12.5 Å². The van der Waals surface area contributed by atoms with Crippen molar-refractivity contribution >= 4 is 5.97 Å². The molecule has 4 nitrogen and oxygen atoms in total. The maximum atomic E-state index is 11.7. The zero-order valence-corrected chi connectivity index (χ0v) is 11.4. The zero-order chi connectivity index (χ0) is 14.8. The van der Waals surface area contributed by atoms with Gasteiger partial charge >= 0.3 is 5.97 Å². The van der Waals surface area contributed by atoms with Crippen LogP contribution < -0.4 is 0 Å². The van der Waals surface area contributed by atoms with Gasteiger partial charge in [-0.2, -0.15) is 0 Å². The molecule has 104 valence electrons. The van der Waals surface area contributed by atoms with E-state index in [1.165, 1.54) is 0 Å². The molecule has 0 aliphatic heterocycles. The van der Waals surface area contributed by atoms with Crippen molar-refractivity contribution in [3.8, 4) is 22.6 Å². The molecule has 0 unspecified atom stereocenters. The van der Waals surface area contributed by atoms with Crippen LogP contribution in [0.25, 0.3) is 22.6 Å². The van der Waals surface area contributed by atoms with Crippen molar-refractivity contribution in [1.82, 2.24) is 5.16 Å². The number of carboxylic acids is 1. The van der Waals surface area contributed by atoms with Crippen molar-refractivity contribution in [1.29, 1.82) is 0 Å². The summed E-state index contributed by atoms with van der Waals surface area (Å²) < 4.78 is 5.32. The third-order valence-electron chi connectivity index (χ3n) is 3.34. The first-order valence-corrected chi connectivity index (χ1v) is 6.53. The Morgan fingerprint density at radius 1 is 1.05 bits per heavy atom. The van der Waals surface area contributed by atoms with E-state index in [-0.39, 0.29) is 11.3 Å². The molecular formula is C17H13NO3. The van der Waals surface area contributed by atoms with E-state index in [4.69, 9.17) is 4.52 Å². The highest BCUT2D eigenvalue weighted by Gasteiger charge is 2.25. The Balaban J connectivity index is 2.23. The van der Waals surface area contributed by atoms with Gasteiger partial charge in [0.15, 0.2) is 5.76 Å². The fraction of sp³-hybridized carbons (Fsp3) is 0.0588. The molecule has 21 heavy (non-hydrogen) atoms. The summed E-state index contributed by atoms with van der Waals surface area (Å²) in [6.07, 6.45) is 0. The number of rotatable bonds is 3. The topological polar surface area (TPSA) is 63.3 Å². The molecule has 0 saturated carbocycles. The molecule has 3 aromatic rings. The Morgan fingerprint density at radius 2 is 1.71 bits per heavy atom. The Hall–Kier alpha value is -2.88. The van der Waals surface area contributed by atoms with Gasteiger partial charge < -0.3 is 9.63 Å². The van der Waals surface area contributed by atoms with Crippen molar-refractivity contribution in [2.24, 2.45) is 0 Å². The van der Waals surface area contributed by atoms with Crippen LogP contribution in [0.4, 0.5) is 0 Å². The van der Waals surface area contributed by atoms with Crippen molar-refractivity contribution in [2.75, 3.05) is 0 Å². The maximum absolute atomic E-state index is 11.7. The minimum Gasteiger partial charge on any atom is -0.477 e. The van der Waals surface area contributed by atoms with E-state index in [9.17, 15) is 9.90 Å². The van der Waals surface area contributed by atoms with Gasteiger partial charge in [0.05, 0.1) is 0 Å². The SMILES string of the molecule is Cc1ccccc1-c1noc(-c2ccccc2)c1C(=O)O. The van der Waals surface area contributed by atoms with Gasteiger partial charge in [-0.3, -0.25) is 0 Å². The minimum atomic E-state index is -1.05. The first kappa shape index (κ1) is 13.1. The molecule has 4 heteroatoms. The summed E-state index contributed by atoms with van der Waals surface area (Å²) in [7, 11) is 0. The van der Waals surface area contributed by atoms with Gasteiger partial charge in [-0.1, -0.05) is 59.8 Å². The average molecular weight is 279 g/mol. The normalized spacial score (nSPS) is 10.5. The monoisotopic (exact) mass is 279 g/mol. The van der Waals surface area contributed by atoms with Crippen LogP contribution in [0, 0.1) is 6.92 Å². The standard InChI is InChI=1S/C17H13NO3/c1-11-7-5-6-10-13(11)15-14(17(19)20)16(21-18-15)12-8-3-2-4-9-12/h2-10H,1H3,(H,19,20). The summed E-state index contributed by atoms with van der Waals surface area (Å²) in [4.78, 5) is 11.7. The second-order valence-corrected chi connectivity index (χ2v) is 4.72. The van der Waals surface area contributed by atoms with E-state index in [1.54, 1.807) is 12.1 Å². The predicted octanol–water partition coefficient (Wildman–Crippen LogP) is 4.02. The number of hydrogen-bond donors (Lipinski definition) is 1. The van der Waals surface area contributed by atoms with Crippen LogP contribution >= 0.6 is 0 Å². The summed E-state index contributed by atoms with van der Waals surface area (Å²) >= 11 is 0. The van der Waals surface area contributed by atoms with Crippen LogP contribution in [0.3, 0.4) is 0 Å². The summed E-state index contributed by atoms with van der Waals surface area (Å²) in [6.45, 7) is 1.91. The molecule has 0 atom stereocenters. The summed E-state index contributed by atoms with van der Waals surface area (Å²) in [5, 5.41) is 13.5. The van der Waals surface area contributed by atoms with Gasteiger partial charge in [0.25, 0.3) is 0 Å². The third-order valence-corrected chi connectivity index (χ3v) is 3.34. The molecule has 1 aromatic heterocycles. The lowest BCUT2D eigenvalue weighted by molar-refractivity contribution is 0.0698. The van der Waals surface area contributed by atoms with Crippen molar-refractivity contribution in [2.45, 2.75) is 6.92 Å². The van der Waals surface area contributed by atoms with Crippen molar-refractivity contribution in [3.05, 3.63) is 65.7 Å². The fourth-order valence-electron chi connectivity index (χ4n) is 2.30. The molecule has 0 spiro atoms. The van der Waals surface area contributed by atoms with Gasteiger partial charge in [0.1, 0.15) is 11.3 Å². The van der Waals surface area contributed by atoms with E-state index >= 15 is 0 Å². The fourth-order valence-corrected chi connectivity index (χ4v) is 2.30. The van der Waals surface area contributed by atoms with E-state index in [1.807, 2.05) is 49.4 Å². The second-order valence-electron chi connectivity index (χ2n) is 4.72. The zero-order valence-electron chi connectivity index (χ0n) is 11.4. The Labute approximate surface area is 121 Å². The van der Waals surface area contributed by atoms with Crippen LogP contribution in [0.15, 0.2) is 59.1 Å². The summed E-state index contributed by atoms with van der Waals surface area (Å²) in [5.41, 5.74) is 2.87. The highest BCUT2D eigenvalue weighted by atomic mass is 16.5. The first-order valence-electron chi connectivity index (χ1n) is 6.53. The number of carboxylic acid groups (broad SMARTS) is 1. The van der Waals surface area contributed by atoms with Crippen LogP contribution in [0.1, 0.15) is 15.9 Å². The van der Waals surface area contributed by atoms with Crippen LogP contribution in [-0.2, 0) is 0 Å². The Bertz CT molecular complexity index is 791. The van der Waals surface area contributed by atoms with Gasteiger partial charge in [-0.25, -0.2) is 4.79 Å². The quantitative estimate of drug-likeness (QED) is 0.786. The smallest absolute Gasteiger partial charge is 0.342 e. The number of carbonyl (C=O) groups is 1. The van der Waals surface area contributed by atoms with Crippen molar-refractivity contribution in [3.63, 3.8) is 0 Å². The average Bonchev–Trinajstić information content (AvgIpc) is 2.93. The van der Waals surface area contributed by atoms with Crippen LogP contribution in [0.2, 0.25) is 0 Å². The maximum Gasteiger partial charge on any atom is 0.342 e. The van der Waals surface area contributed by atoms with Gasteiger partial charge in [0, 0.05) is 11.1 Å². The number of nitrogens with zero attached hydrogens (tertiary/aromatic N) is 1. The highest BCUT2D eigenvalue weighted by molar-refractivity contribution is 6.00. The van der Waals surface area contributed by atoms with E-state index in [0.717, 1.165) is 11.1 Å². The van der Waals surface area contributed by atoms with Crippen molar-refractivity contribution < 1.29 is 14.4 Å². The predicted molar refractivity (Wildman–Crippen MR) is 79.1 cm³/mol. The van der Waals surface area contributed by atoms with E-state index in [2.05, 4.69) is 5.16 Å². The molecule has 0 aliphatic carbocycles. The van der Waals surface area contributed by atoms with Crippen LogP contribution in [0.5, 0.6) is 0 Å². The minimum absolute atomic E-state index is 0.0931. The number of aryl methyl sites for hydroxylation is 1.